The van der Waals surface area contributed by atoms with Gasteiger partial charge in [-0.25, -0.2) is 4.79 Å². The van der Waals surface area contributed by atoms with Crippen LogP contribution in [0.1, 0.15) is 6.42 Å². The molecule has 0 aromatic rings. The SMILES string of the molecule is C[N+]1(C)CC=CCC1=O. The Morgan fingerprint density at radius 1 is 1.44 bits per heavy atom. The first kappa shape index (κ1) is 6.49. The summed E-state index contributed by atoms with van der Waals surface area (Å²) in [6, 6.07) is 0. The first-order chi connectivity index (χ1) is 4.13. The van der Waals surface area contributed by atoms with Crippen molar-refractivity contribution in [1.29, 1.82) is 0 Å². The lowest BCUT2D eigenvalue weighted by Crippen LogP contribution is -2.46. The van der Waals surface area contributed by atoms with Crippen LogP contribution in [0.3, 0.4) is 0 Å². The zero-order valence-corrected chi connectivity index (χ0v) is 5.92. The van der Waals surface area contributed by atoms with Crippen molar-refractivity contribution in [2.45, 2.75) is 6.42 Å². The molecule has 0 fully saturated rings. The number of nitrogens with zero attached hydrogens (tertiary/aromatic N) is 1. The fraction of sp³-hybridized carbons (Fsp3) is 0.571. The van der Waals surface area contributed by atoms with E-state index in [0.29, 0.717) is 16.8 Å². The molecule has 0 saturated heterocycles. The molecule has 1 aliphatic rings. The molecule has 0 unspecified atom stereocenters. The number of rotatable bonds is 0. The first-order valence-corrected chi connectivity index (χ1v) is 3.14. The van der Waals surface area contributed by atoms with Crippen molar-refractivity contribution < 1.29 is 9.28 Å². The normalized spacial score (nSPS) is 24.4. The molecule has 0 aliphatic carbocycles. The molecule has 1 rings (SSSR count). The van der Waals surface area contributed by atoms with Gasteiger partial charge in [0, 0.05) is 0 Å². The zero-order valence-electron chi connectivity index (χ0n) is 5.92. The second-order valence-electron chi connectivity index (χ2n) is 2.94. The molecule has 2 heteroatoms. The molecule has 0 radical (unpaired) electrons. The lowest BCUT2D eigenvalue weighted by Gasteiger charge is -2.27. The monoisotopic (exact) mass is 126 g/mol. The van der Waals surface area contributed by atoms with E-state index in [9.17, 15) is 4.79 Å². The van der Waals surface area contributed by atoms with Crippen molar-refractivity contribution in [3.63, 3.8) is 0 Å². The minimum Gasteiger partial charge on any atom is -0.262 e. The highest BCUT2D eigenvalue weighted by molar-refractivity contribution is 5.71. The standard InChI is InChI=1S/C7H12NO/c1-8(2)6-4-3-5-7(8)9/h3-4H,5-6H2,1-2H3/q+1. The van der Waals surface area contributed by atoms with E-state index in [0.717, 1.165) is 6.54 Å². The summed E-state index contributed by atoms with van der Waals surface area (Å²) in [5.41, 5.74) is 0. The van der Waals surface area contributed by atoms with E-state index in [-0.39, 0.29) is 0 Å². The first-order valence-electron chi connectivity index (χ1n) is 3.14. The summed E-state index contributed by atoms with van der Waals surface area (Å²) in [5.74, 6) is 0.303. The fourth-order valence-corrected chi connectivity index (χ4v) is 0.871. The maximum absolute atomic E-state index is 11.0. The van der Waals surface area contributed by atoms with E-state index in [2.05, 4.69) is 6.08 Å². The van der Waals surface area contributed by atoms with E-state index in [1.54, 1.807) is 0 Å². The summed E-state index contributed by atoms with van der Waals surface area (Å²) in [6.07, 6.45) is 4.60. The fourth-order valence-electron chi connectivity index (χ4n) is 0.871. The highest BCUT2D eigenvalue weighted by atomic mass is 16.2. The van der Waals surface area contributed by atoms with Crippen LogP contribution in [-0.2, 0) is 4.79 Å². The van der Waals surface area contributed by atoms with Gasteiger partial charge in [0.1, 0.15) is 6.54 Å². The lowest BCUT2D eigenvalue weighted by atomic mass is 10.2. The van der Waals surface area contributed by atoms with E-state index in [1.807, 2.05) is 20.2 Å². The molecule has 2 nitrogen and oxygen atoms in total. The molecule has 0 atom stereocenters. The van der Waals surface area contributed by atoms with Crippen molar-refractivity contribution in [3.05, 3.63) is 12.2 Å². The number of carbonyl (C=O) groups is 1. The van der Waals surface area contributed by atoms with Gasteiger partial charge in [-0.2, -0.15) is 0 Å². The Kier molecular flexibility index (Phi) is 1.41. The largest absolute Gasteiger partial charge is 0.317 e. The van der Waals surface area contributed by atoms with Gasteiger partial charge >= 0.3 is 5.91 Å². The van der Waals surface area contributed by atoms with Crippen LogP contribution >= 0.6 is 0 Å². The third-order valence-electron chi connectivity index (χ3n) is 1.70. The average molecular weight is 126 g/mol. The maximum atomic E-state index is 11.0. The Morgan fingerprint density at radius 2 is 2.11 bits per heavy atom. The van der Waals surface area contributed by atoms with Crippen molar-refractivity contribution in [2.75, 3.05) is 20.6 Å². The Bertz CT molecular complexity index is 158. The van der Waals surface area contributed by atoms with Crippen LogP contribution in [0, 0.1) is 0 Å². The van der Waals surface area contributed by atoms with E-state index in [4.69, 9.17) is 0 Å². The summed E-state index contributed by atoms with van der Waals surface area (Å²) < 4.78 is 0.510. The molecular weight excluding hydrogens is 114 g/mol. The Labute approximate surface area is 55.4 Å². The predicted molar refractivity (Wildman–Crippen MR) is 35.7 cm³/mol. The van der Waals surface area contributed by atoms with Crippen LogP contribution in [0.25, 0.3) is 0 Å². The van der Waals surface area contributed by atoms with E-state index in [1.165, 1.54) is 0 Å². The number of likely N-dealkylation sites (N-methyl/N-ethyl adjacent to an activating group) is 1. The predicted octanol–water partition coefficient (Wildman–Crippen LogP) is 0.549. The molecular formula is C7H12NO+. The smallest absolute Gasteiger partial charge is 0.262 e. The van der Waals surface area contributed by atoms with Crippen LogP contribution in [0.15, 0.2) is 12.2 Å². The topological polar surface area (TPSA) is 17.1 Å². The quantitative estimate of drug-likeness (QED) is 0.342. The minimum atomic E-state index is 0.303. The molecule has 0 aromatic heterocycles. The van der Waals surface area contributed by atoms with E-state index >= 15 is 0 Å². The number of hydrogen-bond donors (Lipinski definition) is 0. The summed E-state index contributed by atoms with van der Waals surface area (Å²) in [6.45, 7) is 0.846. The van der Waals surface area contributed by atoms with Gasteiger partial charge in [0.15, 0.2) is 0 Å². The van der Waals surface area contributed by atoms with Gasteiger partial charge in [0.2, 0.25) is 0 Å². The van der Waals surface area contributed by atoms with Crippen molar-refractivity contribution in [3.8, 4) is 0 Å². The van der Waals surface area contributed by atoms with Gasteiger partial charge in [-0.3, -0.25) is 4.48 Å². The van der Waals surface area contributed by atoms with Crippen LogP contribution in [0.4, 0.5) is 0 Å². The second-order valence-corrected chi connectivity index (χ2v) is 2.94. The van der Waals surface area contributed by atoms with Crippen molar-refractivity contribution in [1.82, 2.24) is 0 Å². The Hall–Kier alpha value is -0.630. The zero-order chi connectivity index (χ0) is 6.91. The molecule has 0 N–H and O–H groups in total. The van der Waals surface area contributed by atoms with Crippen molar-refractivity contribution in [2.24, 2.45) is 0 Å². The lowest BCUT2D eigenvalue weighted by molar-refractivity contribution is -0.808. The molecule has 0 aromatic carbocycles. The molecule has 0 spiro atoms. The third-order valence-corrected chi connectivity index (χ3v) is 1.70. The van der Waals surface area contributed by atoms with Gasteiger partial charge in [0.25, 0.3) is 0 Å². The maximum Gasteiger partial charge on any atom is 0.317 e. The summed E-state index contributed by atoms with van der Waals surface area (Å²) in [7, 11) is 3.87. The summed E-state index contributed by atoms with van der Waals surface area (Å²) in [4.78, 5) is 11.0. The molecule has 1 aliphatic heterocycles. The molecule has 9 heavy (non-hydrogen) atoms. The minimum absolute atomic E-state index is 0.303. The molecule has 50 valence electrons. The van der Waals surface area contributed by atoms with Gasteiger partial charge in [-0.15, -0.1) is 0 Å². The molecule has 0 saturated carbocycles. The number of hydrogen-bond acceptors (Lipinski definition) is 1. The van der Waals surface area contributed by atoms with Crippen molar-refractivity contribution >= 4 is 5.91 Å². The highest BCUT2D eigenvalue weighted by Crippen LogP contribution is 2.07. The van der Waals surface area contributed by atoms with Gasteiger partial charge in [0.05, 0.1) is 20.5 Å². The van der Waals surface area contributed by atoms with Crippen LogP contribution < -0.4 is 0 Å². The highest BCUT2D eigenvalue weighted by Gasteiger charge is 2.25. The molecule has 1 heterocycles. The number of amides is 1. The number of quaternary nitrogens is 1. The molecule has 1 amide bonds. The number of carbonyl (C=O) groups excluding carboxylic acids is 1. The van der Waals surface area contributed by atoms with Gasteiger partial charge in [-0.1, -0.05) is 6.08 Å². The van der Waals surface area contributed by atoms with E-state index < -0.39 is 0 Å². The van der Waals surface area contributed by atoms with Crippen LogP contribution in [-0.4, -0.2) is 31.0 Å². The average Bonchev–Trinajstić information content (AvgIpc) is 1.77. The van der Waals surface area contributed by atoms with Crippen LogP contribution in [0.5, 0.6) is 0 Å². The van der Waals surface area contributed by atoms with Gasteiger partial charge in [-0.05, 0) is 6.08 Å². The second kappa shape index (κ2) is 1.95. The summed E-state index contributed by atoms with van der Waals surface area (Å²) in [5, 5.41) is 0. The third kappa shape index (κ3) is 1.19. The van der Waals surface area contributed by atoms with Crippen LogP contribution in [0.2, 0.25) is 0 Å². The summed E-state index contributed by atoms with van der Waals surface area (Å²) >= 11 is 0. The van der Waals surface area contributed by atoms with Gasteiger partial charge < -0.3 is 0 Å². The Balaban J connectivity index is 2.76. The molecule has 0 bridgehead atoms. The Morgan fingerprint density at radius 3 is 2.44 bits per heavy atom.